The SMILES string of the molecule is COCc1nc2c(C(=O)Nc3cccc(Cl)c3C)cc(NC(=O)c3cc(CCc4ccccc4)ccc3Cl)cc2[nH]1.Cl. The number of fused-ring (bicyclic) bond motifs is 1. The number of imidazole rings is 1. The minimum atomic E-state index is -0.395. The second-order valence-corrected chi connectivity index (χ2v) is 10.5. The monoisotopic (exact) mass is 622 g/mol. The van der Waals surface area contributed by atoms with E-state index in [2.05, 4.69) is 32.7 Å². The van der Waals surface area contributed by atoms with Crippen molar-refractivity contribution < 1.29 is 14.3 Å². The van der Waals surface area contributed by atoms with E-state index < -0.39 is 5.91 Å². The van der Waals surface area contributed by atoms with Gasteiger partial charge in [-0.25, -0.2) is 4.98 Å². The van der Waals surface area contributed by atoms with Crippen LogP contribution in [0.15, 0.2) is 78.9 Å². The molecule has 0 saturated heterocycles. The first kappa shape index (κ1) is 31.1. The first-order valence-electron chi connectivity index (χ1n) is 13.0. The summed E-state index contributed by atoms with van der Waals surface area (Å²) in [6.07, 6.45) is 1.60. The lowest BCUT2D eigenvalue weighted by Gasteiger charge is -2.12. The molecule has 0 fully saturated rings. The Labute approximate surface area is 260 Å². The summed E-state index contributed by atoms with van der Waals surface area (Å²) in [6.45, 7) is 2.06. The fraction of sp³-hybridized carbons (Fsp3) is 0.156. The van der Waals surface area contributed by atoms with Crippen LogP contribution in [0, 0.1) is 6.92 Å². The second-order valence-electron chi connectivity index (χ2n) is 9.66. The molecule has 0 saturated carbocycles. The van der Waals surface area contributed by atoms with Gasteiger partial charge in [-0.15, -0.1) is 12.4 Å². The number of aromatic amines is 1. The summed E-state index contributed by atoms with van der Waals surface area (Å²) in [5.41, 5.74) is 5.60. The number of nitrogens with one attached hydrogen (secondary N) is 3. The Morgan fingerprint density at radius 2 is 1.57 bits per heavy atom. The van der Waals surface area contributed by atoms with Gasteiger partial charge in [-0.1, -0.05) is 65.7 Å². The van der Waals surface area contributed by atoms with Gasteiger partial charge in [-0.3, -0.25) is 9.59 Å². The van der Waals surface area contributed by atoms with Gasteiger partial charge >= 0.3 is 0 Å². The van der Waals surface area contributed by atoms with Crippen molar-refractivity contribution in [2.24, 2.45) is 0 Å². The van der Waals surface area contributed by atoms with Crippen LogP contribution in [-0.4, -0.2) is 28.9 Å². The number of carbonyl (C=O) groups excluding carboxylic acids is 2. The van der Waals surface area contributed by atoms with Crippen molar-refractivity contribution in [2.75, 3.05) is 17.7 Å². The molecule has 5 rings (SSSR count). The number of amides is 2. The quantitative estimate of drug-likeness (QED) is 0.155. The smallest absolute Gasteiger partial charge is 0.258 e. The van der Waals surface area contributed by atoms with E-state index >= 15 is 0 Å². The molecule has 0 aliphatic heterocycles. The number of benzene rings is 4. The van der Waals surface area contributed by atoms with Gasteiger partial charge in [-0.05, 0) is 72.9 Å². The molecule has 0 radical (unpaired) electrons. The molecule has 0 bridgehead atoms. The molecule has 4 aromatic carbocycles. The van der Waals surface area contributed by atoms with Crippen molar-refractivity contribution in [3.8, 4) is 0 Å². The Kier molecular flexibility index (Phi) is 10.2. The minimum absolute atomic E-state index is 0. The van der Waals surface area contributed by atoms with Gasteiger partial charge in [0.2, 0.25) is 0 Å². The van der Waals surface area contributed by atoms with Gasteiger partial charge < -0.3 is 20.4 Å². The summed E-state index contributed by atoms with van der Waals surface area (Å²) in [5, 5.41) is 6.70. The number of methoxy groups -OCH3 is 1. The predicted octanol–water partition coefficient (Wildman–Crippen LogP) is 8.04. The number of aryl methyl sites for hydroxylation is 2. The second kappa shape index (κ2) is 13.9. The standard InChI is InChI=1S/C32H28Cl2N4O3.ClH/c1-19-25(33)9-6-10-27(19)37-32(40)24-16-22(17-28-30(24)38-29(36-28)18-41-2)35-31(39)23-15-21(13-14-26(23)34)12-11-20-7-4-3-5-8-20;/h3-10,13-17H,11-12,18H2,1-2H3,(H,35,39)(H,36,38)(H,37,40);1H. The van der Waals surface area contributed by atoms with Crippen LogP contribution in [0.25, 0.3) is 11.0 Å². The lowest BCUT2D eigenvalue weighted by Crippen LogP contribution is -2.16. The molecule has 2 amide bonds. The van der Waals surface area contributed by atoms with E-state index in [1.165, 1.54) is 5.56 Å². The molecule has 7 nitrogen and oxygen atoms in total. The van der Waals surface area contributed by atoms with E-state index in [0.717, 1.165) is 24.0 Å². The number of ether oxygens (including phenoxy) is 1. The van der Waals surface area contributed by atoms with Crippen LogP contribution in [0.2, 0.25) is 10.0 Å². The molecular formula is C32H29Cl3N4O3. The molecule has 5 aromatic rings. The normalized spacial score (nSPS) is 10.8. The van der Waals surface area contributed by atoms with E-state index in [9.17, 15) is 9.59 Å². The Hall–Kier alpha value is -3.88. The van der Waals surface area contributed by atoms with Crippen LogP contribution >= 0.6 is 35.6 Å². The average molecular weight is 624 g/mol. The van der Waals surface area contributed by atoms with Gasteiger partial charge in [0.1, 0.15) is 17.9 Å². The first-order valence-corrected chi connectivity index (χ1v) is 13.8. The molecule has 0 aliphatic rings. The van der Waals surface area contributed by atoms with Crippen molar-refractivity contribution in [1.29, 1.82) is 0 Å². The highest BCUT2D eigenvalue weighted by Crippen LogP contribution is 2.28. The highest BCUT2D eigenvalue weighted by molar-refractivity contribution is 6.34. The van der Waals surface area contributed by atoms with Crippen LogP contribution in [0.3, 0.4) is 0 Å². The number of aromatic nitrogens is 2. The molecule has 216 valence electrons. The van der Waals surface area contributed by atoms with Crippen molar-refractivity contribution >= 4 is 69.8 Å². The fourth-order valence-corrected chi connectivity index (χ4v) is 4.96. The number of carbonyl (C=O) groups is 2. The Morgan fingerprint density at radius 1 is 0.833 bits per heavy atom. The van der Waals surface area contributed by atoms with Crippen LogP contribution in [0.1, 0.15) is 43.2 Å². The molecule has 0 atom stereocenters. The van der Waals surface area contributed by atoms with E-state index in [1.807, 2.05) is 37.3 Å². The van der Waals surface area contributed by atoms with Crippen molar-refractivity contribution in [2.45, 2.75) is 26.4 Å². The van der Waals surface area contributed by atoms with E-state index in [1.54, 1.807) is 43.5 Å². The number of halogens is 3. The lowest BCUT2D eigenvalue weighted by molar-refractivity contribution is 0.101. The zero-order valence-electron chi connectivity index (χ0n) is 23.0. The number of rotatable bonds is 9. The van der Waals surface area contributed by atoms with Crippen molar-refractivity contribution in [3.05, 3.63) is 123 Å². The molecule has 1 heterocycles. The minimum Gasteiger partial charge on any atom is -0.377 e. The zero-order valence-corrected chi connectivity index (χ0v) is 25.3. The number of hydrogen-bond acceptors (Lipinski definition) is 4. The maximum atomic E-state index is 13.5. The van der Waals surface area contributed by atoms with Crippen molar-refractivity contribution in [3.63, 3.8) is 0 Å². The number of H-pyrrole nitrogens is 1. The third-order valence-electron chi connectivity index (χ3n) is 6.76. The van der Waals surface area contributed by atoms with E-state index in [4.69, 9.17) is 27.9 Å². The van der Waals surface area contributed by atoms with Crippen LogP contribution in [-0.2, 0) is 24.2 Å². The Bertz CT molecular complexity index is 1740. The number of nitrogens with zero attached hydrogens (tertiary/aromatic N) is 1. The predicted molar refractivity (Wildman–Crippen MR) is 171 cm³/mol. The van der Waals surface area contributed by atoms with Gasteiger partial charge in [-0.2, -0.15) is 0 Å². The first-order chi connectivity index (χ1) is 19.8. The van der Waals surface area contributed by atoms with Gasteiger partial charge in [0, 0.05) is 23.5 Å². The molecule has 0 aliphatic carbocycles. The summed E-state index contributed by atoms with van der Waals surface area (Å²) in [4.78, 5) is 34.6. The molecular weight excluding hydrogens is 595 g/mol. The number of hydrogen-bond donors (Lipinski definition) is 3. The summed E-state index contributed by atoms with van der Waals surface area (Å²) < 4.78 is 5.21. The maximum absolute atomic E-state index is 13.5. The van der Waals surface area contributed by atoms with E-state index in [0.29, 0.717) is 43.8 Å². The summed E-state index contributed by atoms with van der Waals surface area (Å²) in [5.74, 6) is -0.231. The zero-order chi connectivity index (χ0) is 28.9. The lowest BCUT2D eigenvalue weighted by atomic mass is 10.0. The van der Waals surface area contributed by atoms with E-state index in [-0.39, 0.29) is 30.5 Å². The molecule has 1 aromatic heterocycles. The molecule has 0 spiro atoms. The third kappa shape index (κ3) is 7.12. The fourth-order valence-electron chi connectivity index (χ4n) is 4.59. The summed E-state index contributed by atoms with van der Waals surface area (Å²) in [7, 11) is 1.56. The Morgan fingerprint density at radius 3 is 2.33 bits per heavy atom. The van der Waals surface area contributed by atoms with Crippen LogP contribution in [0.4, 0.5) is 11.4 Å². The van der Waals surface area contributed by atoms with Crippen molar-refractivity contribution in [1.82, 2.24) is 9.97 Å². The van der Waals surface area contributed by atoms with Gasteiger partial charge in [0.25, 0.3) is 11.8 Å². The molecule has 3 N–H and O–H groups in total. The highest BCUT2D eigenvalue weighted by atomic mass is 35.5. The summed E-state index contributed by atoms with van der Waals surface area (Å²) >= 11 is 12.7. The highest BCUT2D eigenvalue weighted by Gasteiger charge is 2.19. The van der Waals surface area contributed by atoms with Gasteiger partial charge in [0.05, 0.1) is 21.7 Å². The third-order valence-corrected chi connectivity index (χ3v) is 7.49. The summed E-state index contributed by atoms with van der Waals surface area (Å²) in [6, 6.07) is 24.3. The van der Waals surface area contributed by atoms with Crippen LogP contribution in [0.5, 0.6) is 0 Å². The molecule has 42 heavy (non-hydrogen) atoms. The number of anilines is 2. The average Bonchev–Trinajstić information content (AvgIpc) is 3.37. The Balaban J connectivity index is 0.00000405. The molecule has 0 unspecified atom stereocenters. The molecule has 10 heteroatoms. The van der Waals surface area contributed by atoms with Gasteiger partial charge in [0.15, 0.2) is 0 Å². The topological polar surface area (TPSA) is 96.1 Å². The maximum Gasteiger partial charge on any atom is 0.258 e. The largest absolute Gasteiger partial charge is 0.377 e. The van der Waals surface area contributed by atoms with Crippen LogP contribution < -0.4 is 10.6 Å².